The van der Waals surface area contributed by atoms with Crippen LogP contribution in [0.3, 0.4) is 0 Å². The predicted molar refractivity (Wildman–Crippen MR) is 64.7 cm³/mol. The third-order valence-electron chi connectivity index (χ3n) is 2.55. The zero-order chi connectivity index (χ0) is 14.9. The Balaban J connectivity index is 2.34. The lowest BCUT2D eigenvalue weighted by Gasteiger charge is -2.09. The van der Waals surface area contributed by atoms with E-state index in [0.717, 1.165) is 12.1 Å². The molecule has 6 nitrogen and oxygen atoms in total. The monoisotopic (exact) mass is 286 g/mol. The van der Waals surface area contributed by atoms with E-state index in [1.165, 1.54) is 19.1 Å². The van der Waals surface area contributed by atoms with Gasteiger partial charge in [-0.05, 0) is 25.1 Å². The zero-order valence-corrected chi connectivity index (χ0v) is 10.2. The van der Waals surface area contributed by atoms with Crippen LogP contribution in [0.25, 0.3) is 0 Å². The van der Waals surface area contributed by atoms with Gasteiger partial charge in [-0.25, -0.2) is 0 Å². The van der Waals surface area contributed by atoms with E-state index >= 15 is 0 Å². The molecule has 0 unspecified atom stereocenters. The largest absolute Gasteiger partial charge is 0.416 e. The molecule has 0 saturated heterocycles. The highest BCUT2D eigenvalue weighted by molar-refractivity contribution is 5.67. The Kier molecular flexibility index (Phi) is 3.35. The van der Waals surface area contributed by atoms with Crippen LogP contribution in [-0.4, -0.2) is 15.1 Å². The number of alkyl halides is 3. The van der Waals surface area contributed by atoms with Crippen LogP contribution in [0.4, 0.5) is 30.4 Å². The van der Waals surface area contributed by atoms with E-state index in [2.05, 4.69) is 15.5 Å². The minimum absolute atomic E-state index is 0.0643. The molecule has 0 aliphatic rings. The van der Waals surface area contributed by atoms with Crippen LogP contribution in [0.5, 0.6) is 0 Å². The number of nitro groups is 1. The summed E-state index contributed by atoms with van der Waals surface area (Å²) in [5.74, 6) is -0.133. The van der Waals surface area contributed by atoms with Gasteiger partial charge >= 0.3 is 11.9 Å². The molecule has 0 bridgehead atoms. The molecule has 2 rings (SSSR count). The van der Waals surface area contributed by atoms with Gasteiger partial charge in [-0.3, -0.25) is 15.2 Å². The summed E-state index contributed by atoms with van der Waals surface area (Å²) in [6, 6.07) is 4.34. The van der Waals surface area contributed by atoms with E-state index in [9.17, 15) is 23.3 Å². The second-order valence-corrected chi connectivity index (χ2v) is 4.01. The first kappa shape index (κ1) is 13.8. The van der Waals surface area contributed by atoms with Gasteiger partial charge in [0.25, 0.3) is 0 Å². The third kappa shape index (κ3) is 2.71. The first-order valence-electron chi connectivity index (χ1n) is 5.42. The number of rotatable bonds is 3. The number of H-pyrrole nitrogens is 1. The van der Waals surface area contributed by atoms with Crippen LogP contribution < -0.4 is 5.32 Å². The lowest BCUT2D eigenvalue weighted by atomic mass is 10.2. The number of anilines is 2. The lowest BCUT2D eigenvalue weighted by Crippen LogP contribution is -2.05. The van der Waals surface area contributed by atoms with Crippen molar-refractivity contribution in [3.63, 3.8) is 0 Å². The number of aryl methyl sites for hydroxylation is 1. The maximum atomic E-state index is 12.6. The first-order valence-corrected chi connectivity index (χ1v) is 5.42. The number of hydrogen-bond donors (Lipinski definition) is 2. The molecule has 0 fully saturated rings. The summed E-state index contributed by atoms with van der Waals surface area (Å²) in [5.41, 5.74) is -0.876. The SMILES string of the molecule is Cc1[nH]nc(Nc2cccc(C(F)(F)F)c2)c1[N+](=O)[O-]. The highest BCUT2D eigenvalue weighted by Gasteiger charge is 2.30. The number of halogens is 3. The number of nitrogens with one attached hydrogen (secondary N) is 2. The van der Waals surface area contributed by atoms with Crippen molar-refractivity contribution in [3.05, 3.63) is 45.6 Å². The molecule has 2 aromatic rings. The average Bonchev–Trinajstić information content (AvgIpc) is 2.69. The van der Waals surface area contributed by atoms with Crippen LogP contribution in [-0.2, 0) is 6.18 Å². The minimum atomic E-state index is -4.48. The molecule has 1 aromatic heterocycles. The second-order valence-electron chi connectivity index (χ2n) is 4.01. The Morgan fingerprint density at radius 1 is 1.40 bits per heavy atom. The summed E-state index contributed by atoms with van der Waals surface area (Å²) in [5, 5.41) is 19.4. The van der Waals surface area contributed by atoms with E-state index in [1.54, 1.807) is 0 Å². The lowest BCUT2D eigenvalue weighted by molar-refractivity contribution is -0.384. The molecule has 9 heteroatoms. The highest BCUT2D eigenvalue weighted by atomic mass is 19.4. The Bertz CT molecular complexity index is 651. The standard InChI is InChI=1S/C11H9F3N4O2/c1-6-9(18(19)20)10(17-16-6)15-8-4-2-3-7(5-8)11(12,13)14/h2-5H,1H3,(H2,15,16,17). The van der Waals surface area contributed by atoms with Crippen molar-refractivity contribution in [3.8, 4) is 0 Å². The van der Waals surface area contributed by atoms with Crippen molar-refractivity contribution in [1.82, 2.24) is 10.2 Å². The van der Waals surface area contributed by atoms with E-state index in [0.29, 0.717) is 0 Å². The number of aromatic nitrogens is 2. The highest BCUT2D eigenvalue weighted by Crippen LogP contribution is 2.33. The molecular formula is C11H9F3N4O2. The quantitative estimate of drug-likeness (QED) is 0.669. The van der Waals surface area contributed by atoms with E-state index in [-0.39, 0.29) is 22.9 Å². The molecule has 0 spiro atoms. The summed E-state index contributed by atoms with van der Waals surface area (Å²) in [7, 11) is 0. The molecule has 0 amide bonds. The molecule has 20 heavy (non-hydrogen) atoms. The van der Waals surface area contributed by atoms with Gasteiger partial charge in [0.2, 0.25) is 5.82 Å². The molecule has 1 heterocycles. The third-order valence-corrected chi connectivity index (χ3v) is 2.55. The van der Waals surface area contributed by atoms with Crippen LogP contribution in [0.1, 0.15) is 11.3 Å². The molecule has 0 aliphatic carbocycles. The molecule has 1 aromatic carbocycles. The molecule has 0 atom stereocenters. The van der Waals surface area contributed by atoms with Crippen molar-refractivity contribution in [2.75, 3.05) is 5.32 Å². The van der Waals surface area contributed by atoms with Crippen LogP contribution in [0.2, 0.25) is 0 Å². The van der Waals surface area contributed by atoms with Crippen molar-refractivity contribution in [1.29, 1.82) is 0 Å². The first-order chi connectivity index (χ1) is 9.29. The van der Waals surface area contributed by atoms with Gasteiger partial charge in [0.15, 0.2) is 0 Å². The van der Waals surface area contributed by atoms with Gasteiger partial charge in [-0.1, -0.05) is 6.07 Å². The summed E-state index contributed by atoms with van der Waals surface area (Å²) in [4.78, 5) is 10.2. The molecule has 0 saturated carbocycles. The van der Waals surface area contributed by atoms with Gasteiger partial charge in [0, 0.05) is 5.69 Å². The van der Waals surface area contributed by atoms with Crippen molar-refractivity contribution >= 4 is 17.2 Å². The molecule has 106 valence electrons. The zero-order valence-electron chi connectivity index (χ0n) is 10.2. The number of nitrogens with zero attached hydrogens (tertiary/aromatic N) is 2. The fourth-order valence-corrected chi connectivity index (χ4v) is 1.64. The number of aromatic amines is 1. The number of hydrogen-bond acceptors (Lipinski definition) is 4. The van der Waals surface area contributed by atoms with Crippen LogP contribution >= 0.6 is 0 Å². The normalized spacial score (nSPS) is 11.4. The summed E-state index contributed by atoms with van der Waals surface area (Å²) >= 11 is 0. The van der Waals surface area contributed by atoms with Crippen LogP contribution in [0, 0.1) is 17.0 Å². The summed E-state index contributed by atoms with van der Waals surface area (Å²) < 4.78 is 37.7. The Labute approximate surface area is 110 Å². The predicted octanol–water partition coefficient (Wildman–Crippen LogP) is 3.39. The smallest absolute Gasteiger partial charge is 0.333 e. The van der Waals surface area contributed by atoms with Crippen molar-refractivity contribution < 1.29 is 18.1 Å². The van der Waals surface area contributed by atoms with E-state index < -0.39 is 16.7 Å². The Hall–Kier alpha value is -2.58. The molecule has 2 N–H and O–H groups in total. The Morgan fingerprint density at radius 3 is 2.70 bits per heavy atom. The molecule has 0 radical (unpaired) electrons. The fraction of sp³-hybridized carbons (Fsp3) is 0.182. The maximum absolute atomic E-state index is 12.6. The van der Waals surface area contributed by atoms with Crippen molar-refractivity contribution in [2.24, 2.45) is 0 Å². The topological polar surface area (TPSA) is 83.8 Å². The fourth-order valence-electron chi connectivity index (χ4n) is 1.64. The van der Waals surface area contributed by atoms with Gasteiger partial charge in [-0.2, -0.15) is 13.2 Å². The van der Waals surface area contributed by atoms with Crippen LogP contribution in [0.15, 0.2) is 24.3 Å². The maximum Gasteiger partial charge on any atom is 0.416 e. The molecule has 0 aliphatic heterocycles. The summed E-state index contributed by atoms with van der Waals surface area (Å²) in [6.45, 7) is 1.45. The number of benzene rings is 1. The van der Waals surface area contributed by atoms with Gasteiger partial charge in [0.05, 0.1) is 10.5 Å². The molecular weight excluding hydrogens is 277 g/mol. The van der Waals surface area contributed by atoms with Gasteiger partial charge < -0.3 is 5.32 Å². The average molecular weight is 286 g/mol. The van der Waals surface area contributed by atoms with E-state index in [1.807, 2.05) is 0 Å². The van der Waals surface area contributed by atoms with E-state index in [4.69, 9.17) is 0 Å². The van der Waals surface area contributed by atoms with Gasteiger partial charge in [-0.15, -0.1) is 5.10 Å². The summed E-state index contributed by atoms with van der Waals surface area (Å²) in [6.07, 6.45) is -4.48. The van der Waals surface area contributed by atoms with Gasteiger partial charge in [0.1, 0.15) is 5.69 Å². The second kappa shape index (κ2) is 4.83. The minimum Gasteiger partial charge on any atom is -0.333 e. The Morgan fingerprint density at radius 2 is 2.10 bits per heavy atom. The van der Waals surface area contributed by atoms with Crippen molar-refractivity contribution in [2.45, 2.75) is 13.1 Å².